The molecule has 0 saturated carbocycles. The number of halogens is 1. The summed E-state index contributed by atoms with van der Waals surface area (Å²) in [6.07, 6.45) is 2.66. The molecule has 13 heteroatoms. The van der Waals surface area contributed by atoms with Gasteiger partial charge in [-0.2, -0.15) is 0 Å². The van der Waals surface area contributed by atoms with E-state index >= 15 is 0 Å². The number of fused-ring (bicyclic) bond motifs is 3. The molecule has 0 aliphatic rings. The van der Waals surface area contributed by atoms with E-state index in [2.05, 4.69) is 25.9 Å². The zero-order valence-electron chi connectivity index (χ0n) is 13.4. The van der Waals surface area contributed by atoms with Crippen LogP contribution < -0.4 is 10.1 Å². The first-order valence-electron chi connectivity index (χ1n) is 7.40. The highest BCUT2D eigenvalue weighted by atomic mass is 79.9. The molecular weight excluding hydrogens is 458 g/mol. The zero-order chi connectivity index (χ0) is 20.2. The molecular formula is C15H6BrN5O6S. The van der Waals surface area contributed by atoms with Gasteiger partial charge in [0.15, 0.2) is 10.6 Å². The molecule has 0 bridgehead atoms. The average Bonchev–Trinajstić information content (AvgIpc) is 3.12. The van der Waals surface area contributed by atoms with E-state index in [0.717, 1.165) is 23.5 Å². The molecule has 0 aliphatic heterocycles. The number of nitrogens with zero attached hydrogens (tertiary/aromatic N) is 5. The smallest absolute Gasteiger partial charge is 0.318 e. The predicted molar refractivity (Wildman–Crippen MR) is 103 cm³/mol. The molecule has 4 rings (SSSR count). The van der Waals surface area contributed by atoms with Crippen LogP contribution in [0.15, 0.2) is 33.7 Å². The van der Waals surface area contributed by atoms with Crippen molar-refractivity contribution in [2.45, 2.75) is 0 Å². The highest BCUT2D eigenvalue weighted by Gasteiger charge is 2.23. The van der Waals surface area contributed by atoms with Crippen molar-refractivity contribution in [3.63, 3.8) is 0 Å². The number of hydrogen-bond acceptors (Lipinski definition) is 9. The highest BCUT2D eigenvalue weighted by Crippen LogP contribution is 2.34. The number of non-ortho nitro benzene ring substituents is 1. The Morgan fingerprint density at radius 2 is 1.96 bits per heavy atom. The Morgan fingerprint density at radius 3 is 2.64 bits per heavy atom. The van der Waals surface area contributed by atoms with E-state index in [1.165, 1.54) is 10.6 Å². The van der Waals surface area contributed by atoms with Crippen LogP contribution in [0.2, 0.25) is 0 Å². The number of pyridine rings is 1. The van der Waals surface area contributed by atoms with Crippen LogP contribution in [0.3, 0.4) is 0 Å². The second-order valence-corrected chi connectivity index (χ2v) is 7.48. The molecule has 0 atom stereocenters. The number of nitro benzene ring substituents is 2. The Kier molecular flexibility index (Phi) is 4.05. The van der Waals surface area contributed by atoms with Crippen molar-refractivity contribution < 1.29 is 15.0 Å². The lowest BCUT2D eigenvalue weighted by molar-refractivity contribution is -0.394. The highest BCUT2D eigenvalue weighted by molar-refractivity contribution is 9.10. The van der Waals surface area contributed by atoms with Crippen LogP contribution in [0.1, 0.15) is 5.56 Å². The zero-order valence-corrected chi connectivity index (χ0v) is 15.8. The van der Waals surface area contributed by atoms with E-state index < -0.39 is 32.5 Å². The first kappa shape index (κ1) is 17.9. The van der Waals surface area contributed by atoms with Gasteiger partial charge in [-0.1, -0.05) is 11.3 Å². The van der Waals surface area contributed by atoms with Gasteiger partial charge in [-0.3, -0.25) is 25.0 Å². The lowest BCUT2D eigenvalue weighted by Gasteiger charge is -2.00. The van der Waals surface area contributed by atoms with E-state index in [0.29, 0.717) is 26.7 Å². The summed E-state index contributed by atoms with van der Waals surface area (Å²) in [7, 11) is 0. The topological polar surface area (TPSA) is 154 Å². The van der Waals surface area contributed by atoms with E-state index in [9.17, 15) is 30.1 Å². The summed E-state index contributed by atoms with van der Waals surface area (Å²) in [5, 5.41) is 32.2. The minimum absolute atomic E-state index is 0.0826. The average molecular weight is 464 g/mol. The quantitative estimate of drug-likeness (QED) is 0.357. The number of thiazole rings is 1. The van der Waals surface area contributed by atoms with Crippen molar-refractivity contribution in [2.24, 2.45) is 0 Å². The molecule has 0 unspecified atom stereocenters. The standard InChI is InChI=1S/C15H6BrN5O6S/c16-7-3-9-13(17-5-7)19-14(23)11(28-15(19)18-9)2-6-1-8(20(24)25)4-10(12(6)22)21(26)27/h1-5,22H/b11-2-. The third kappa shape index (κ3) is 2.76. The summed E-state index contributed by atoms with van der Waals surface area (Å²) in [6, 6.07) is 3.31. The molecule has 28 heavy (non-hydrogen) atoms. The first-order chi connectivity index (χ1) is 13.3. The minimum atomic E-state index is -0.936. The van der Waals surface area contributed by atoms with Crippen molar-refractivity contribution in [1.29, 1.82) is 0 Å². The first-order valence-corrected chi connectivity index (χ1v) is 9.01. The van der Waals surface area contributed by atoms with Crippen LogP contribution >= 0.6 is 27.3 Å². The minimum Gasteiger partial charge on any atom is -0.502 e. The summed E-state index contributed by atoms with van der Waals surface area (Å²) in [6.45, 7) is 0. The third-order valence-corrected chi connectivity index (χ3v) is 5.25. The summed E-state index contributed by atoms with van der Waals surface area (Å²) in [5.74, 6) is -0.770. The monoisotopic (exact) mass is 463 g/mol. The van der Waals surface area contributed by atoms with Gasteiger partial charge < -0.3 is 5.11 Å². The van der Waals surface area contributed by atoms with E-state index in [1.807, 2.05) is 0 Å². The van der Waals surface area contributed by atoms with Crippen molar-refractivity contribution in [3.05, 3.63) is 69.5 Å². The Balaban J connectivity index is 2.00. The normalized spacial score (nSPS) is 12.1. The lowest BCUT2D eigenvalue weighted by Crippen LogP contribution is -2.23. The van der Waals surface area contributed by atoms with Crippen LogP contribution in [-0.4, -0.2) is 29.3 Å². The number of phenols is 1. The summed E-state index contributed by atoms with van der Waals surface area (Å²) in [4.78, 5) is 41.9. The summed E-state index contributed by atoms with van der Waals surface area (Å²) in [5.41, 5.74) is -1.31. The largest absolute Gasteiger partial charge is 0.502 e. The Bertz CT molecular complexity index is 1430. The van der Waals surface area contributed by atoms with Gasteiger partial charge in [-0.25, -0.2) is 14.4 Å². The van der Waals surface area contributed by atoms with Crippen molar-refractivity contribution in [3.8, 4) is 5.75 Å². The maximum Gasteiger partial charge on any atom is 0.318 e. The number of phenolic OH excluding ortho intramolecular Hbond substituents is 1. The number of aromatic nitrogens is 3. The number of benzene rings is 1. The molecule has 4 aromatic rings. The van der Waals surface area contributed by atoms with Crippen LogP contribution in [0, 0.1) is 20.2 Å². The summed E-state index contributed by atoms with van der Waals surface area (Å²) < 4.78 is 2.04. The fraction of sp³-hybridized carbons (Fsp3) is 0. The number of hydrogen-bond donors (Lipinski definition) is 1. The molecule has 3 aromatic heterocycles. The van der Waals surface area contributed by atoms with Crippen LogP contribution in [0.5, 0.6) is 5.75 Å². The van der Waals surface area contributed by atoms with Gasteiger partial charge >= 0.3 is 5.69 Å². The molecule has 0 fully saturated rings. The van der Waals surface area contributed by atoms with Gasteiger partial charge in [0.1, 0.15) is 5.52 Å². The van der Waals surface area contributed by atoms with Gasteiger partial charge in [0, 0.05) is 22.3 Å². The van der Waals surface area contributed by atoms with Crippen LogP contribution in [-0.2, 0) is 0 Å². The molecule has 3 heterocycles. The second-order valence-electron chi connectivity index (χ2n) is 5.56. The summed E-state index contributed by atoms with van der Waals surface area (Å²) >= 11 is 4.23. The molecule has 0 radical (unpaired) electrons. The number of rotatable bonds is 3. The van der Waals surface area contributed by atoms with Crippen molar-refractivity contribution in [2.75, 3.05) is 0 Å². The second kappa shape index (κ2) is 6.31. The number of aromatic hydroxyl groups is 1. The van der Waals surface area contributed by atoms with E-state index in [4.69, 9.17) is 0 Å². The molecule has 0 amide bonds. The van der Waals surface area contributed by atoms with Crippen LogP contribution in [0.25, 0.3) is 22.2 Å². The molecule has 1 N–H and O–H groups in total. The molecule has 0 saturated heterocycles. The fourth-order valence-corrected chi connectivity index (χ4v) is 3.92. The van der Waals surface area contributed by atoms with Gasteiger partial charge in [-0.15, -0.1) is 0 Å². The van der Waals surface area contributed by atoms with E-state index in [1.54, 1.807) is 6.07 Å². The molecule has 0 aliphatic carbocycles. The Labute approximate surface area is 165 Å². The fourth-order valence-electron chi connectivity index (χ4n) is 2.64. The van der Waals surface area contributed by atoms with Gasteiger partial charge in [0.25, 0.3) is 11.2 Å². The van der Waals surface area contributed by atoms with Crippen molar-refractivity contribution in [1.82, 2.24) is 14.4 Å². The maximum atomic E-state index is 12.7. The number of nitro groups is 2. The predicted octanol–water partition coefficient (Wildman–Crippen LogP) is 2.14. The van der Waals surface area contributed by atoms with Crippen molar-refractivity contribution >= 4 is 60.8 Å². The van der Waals surface area contributed by atoms with E-state index in [-0.39, 0.29) is 10.1 Å². The Hall–Kier alpha value is -3.45. The van der Waals surface area contributed by atoms with Gasteiger partial charge in [0.05, 0.1) is 20.4 Å². The third-order valence-electron chi connectivity index (χ3n) is 3.85. The molecule has 1 aromatic carbocycles. The molecule has 140 valence electrons. The number of imidazole rings is 1. The SMILES string of the molecule is O=c1/c(=C/c2cc([N+](=O)[O-])cc([N+](=O)[O-])c2O)sc2nc3cc(Br)cnc3n12. The molecule has 0 spiro atoms. The van der Waals surface area contributed by atoms with Crippen LogP contribution in [0.4, 0.5) is 11.4 Å². The lowest BCUT2D eigenvalue weighted by atomic mass is 10.1. The Morgan fingerprint density at radius 1 is 1.21 bits per heavy atom. The molecule has 11 nitrogen and oxygen atoms in total. The maximum absolute atomic E-state index is 12.7. The van der Waals surface area contributed by atoms with Gasteiger partial charge in [0.2, 0.25) is 5.75 Å². The van der Waals surface area contributed by atoms with Gasteiger partial charge in [-0.05, 0) is 28.1 Å².